The quantitative estimate of drug-likeness (QED) is 0.272. The van der Waals surface area contributed by atoms with Gasteiger partial charge < -0.3 is 5.32 Å². The van der Waals surface area contributed by atoms with Crippen molar-refractivity contribution in [3.63, 3.8) is 0 Å². The topological polar surface area (TPSA) is 82.5 Å². The second-order valence-electron chi connectivity index (χ2n) is 8.70. The lowest BCUT2D eigenvalue weighted by molar-refractivity contribution is -0.115. The average Bonchev–Trinajstić information content (AvgIpc) is 3.43. The van der Waals surface area contributed by atoms with Gasteiger partial charge in [-0.1, -0.05) is 54.1 Å². The Morgan fingerprint density at radius 2 is 1.89 bits per heavy atom. The lowest BCUT2D eigenvalue weighted by Gasteiger charge is -2.18. The number of hydrogen-bond acceptors (Lipinski definition) is 4. The molecule has 2 heterocycles. The number of rotatable bonds is 6. The number of amides is 1. The van der Waals surface area contributed by atoms with E-state index in [-0.39, 0.29) is 12.3 Å². The van der Waals surface area contributed by atoms with Crippen LogP contribution in [-0.2, 0) is 32.2 Å². The van der Waals surface area contributed by atoms with E-state index in [1.807, 2.05) is 62.4 Å². The van der Waals surface area contributed by atoms with Crippen molar-refractivity contribution < 1.29 is 13.6 Å². The maximum atomic E-state index is 13.5. The SMILES string of the molecule is Cc1ccccc1[S+](=O)(O)N1CCc2cc(-c3nc(NC(=O)Cc4ccccc4Cl)sc3C)ccc21. The van der Waals surface area contributed by atoms with E-state index in [4.69, 9.17) is 11.6 Å². The molecule has 1 aliphatic heterocycles. The minimum Gasteiger partial charge on any atom is -0.302 e. The Kier molecular flexibility index (Phi) is 6.70. The molecule has 0 saturated carbocycles. The zero-order valence-corrected chi connectivity index (χ0v) is 22.2. The highest BCUT2D eigenvalue weighted by Crippen LogP contribution is 2.39. The van der Waals surface area contributed by atoms with Crippen molar-refractivity contribution in [1.29, 1.82) is 0 Å². The van der Waals surface area contributed by atoms with Gasteiger partial charge in [0.1, 0.15) is 0 Å². The molecule has 1 amide bonds. The fourth-order valence-electron chi connectivity index (χ4n) is 4.45. The van der Waals surface area contributed by atoms with Gasteiger partial charge in [-0.25, -0.2) is 4.98 Å². The van der Waals surface area contributed by atoms with Crippen LogP contribution in [0.1, 0.15) is 21.6 Å². The summed E-state index contributed by atoms with van der Waals surface area (Å²) in [5.41, 5.74) is 5.02. The minimum absolute atomic E-state index is 0.170. The summed E-state index contributed by atoms with van der Waals surface area (Å²) < 4.78 is 26.1. The van der Waals surface area contributed by atoms with E-state index in [1.54, 1.807) is 22.5 Å². The molecule has 1 aliphatic rings. The van der Waals surface area contributed by atoms with Crippen LogP contribution in [-0.4, -0.2) is 22.0 Å². The number of hydrogen-bond donors (Lipinski definition) is 2. The van der Waals surface area contributed by atoms with E-state index >= 15 is 0 Å². The van der Waals surface area contributed by atoms with Crippen LogP contribution in [0, 0.1) is 13.8 Å². The summed E-state index contributed by atoms with van der Waals surface area (Å²) in [5, 5.41) is 3.97. The largest absolute Gasteiger partial charge is 0.348 e. The second-order valence-corrected chi connectivity index (χ2v) is 12.2. The number of halogens is 1. The van der Waals surface area contributed by atoms with Crippen LogP contribution in [0.4, 0.5) is 10.8 Å². The highest BCUT2D eigenvalue weighted by Gasteiger charge is 2.43. The predicted octanol–water partition coefficient (Wildman–Crippen LogP) is 6.57. The van der Waals surface area contributed by atoms with Gasteiger partial charge in [0.2, 0.25) is 10.8 Å². The number of nitrogens with zero attached hydrogens (tertiary/aromatic N) is 2. The lowest BCUT2D eigenvalue weighted by Crippen LogP contribution is -2.35. The Labute approximate surface area is 220 Å². The molecule has 2 N–H and O–H groups in total. The number of carbonyl (C=O) groups is 1. The van der Waals surface area contributed by atoms with E-state index in [2.05, 4.69) is 10.3 Å². The third-order valence-corrected chi connectivity index (χ3v) is 9.50. The summed E-state index contributed by atoms with van der Waals surface area (Å²) in [6.07, 6.45) is 0.834. The standard InChI is InChI=1S/C27H24ClN3O3S2/c1-17-7-3-6-10-24(17)36(33,34)31-14-13-20-15-21(11-12-23(20)31)26-18(2)35-27(30-26)29-25(32)16-19-8-4-5-9-22(19)28/h3-12,15H,13-14,16H2,1-2H3,(H-,29,30,32,33,34)/p+1. The molecular formula is C27H25ClN3O3S2+. The van der Waals surface area contributed by atoms with E-state index in [1.165, 1.54) is 11.3 Å². The van der Waals surface area contributed by atoms with E-state index in [9.17, 15) is 13.6 Å². The summed E-state index contributed by atoms with van der Waals surface area (Å²) in [4.78, 5) is 18.6. The van der Waals surface area contributed by atoms with Crippen molar-refractivity contribution in [3.05, 3.63) is 93.3 Å². The van der Waals surface area contributed by atoms with Crippen molar-refractivity contribution in [2.24, 2.45) is 0 Å². The van der Waals surface area contributed by atoms with Crippen LogP contribution < -0.4 is 9.62 Å². The molecule has 0 saturated heterocycles. The number of carbonyl (C=O) groups excluding carboxylic acids is 1. The number of aromatic nitrogens is 1. The number of benzene rings is 3. The van der Waals surface area contributed by atoms with Gasteiger partial charge in [0.25, 0.3) is 0 Å². The predicted molar refractivity (Wildman–Crippen MR) is 147 cm³/mol. The zero-order valence-electron chi connectivity index (χ0n) is 19.8. The molecule has 4 aromatic rings. The molecule has 1 aromatic heterocycles. The van der Waals surface area contributed by atoms with Gasteiger partial charge in [-0.3, -0.25) is 4.79 Å². The van der Waals surface area contributed by atoms with E-state index in [0.29, 0.717) is 28.0 Å². The highest BCUT2D eigenvalue weighted by atomic mass is 35.5. The molecule has 36 heavy (non-hydrogen) atoms. The minimum atomic E-state index is -3.39. The van der Waals surface area contributed by atoms with Gasteiger partial charge in [-0.2, -0.15) is 8.86 Å². The third kappa shape index (κ3) is 4.69. The second kappa shape index (κ2) is 9.78. The molecule has 0 spiro atoms. The zero-order chi connectivity index (χ0) is 25.4. The molecule has 9 heteroatoms. The normalized spacial score (nSPS) is 14.4. The monoisotopic (exact) mass is 538 g/mol. The van der Waals surface area contributed by atoms with Gasteiger partial charge >= 0.3 is 10.4 Å². The molecule has 1 unspecified atom stereocenters. The van der Waals surface area contributed by atoms with Crippen LogP contribution >= 0.6 is 22.9 Å². The van der Waals surface area contributed by atoms with Gasteiger partial charge in [-0.15, -0.1) is 11.3 Å². The molecule has 0 fully saturated rings. The Bertz CT molecular complexity index is 1520. The molecule has 0 radical (unpaired) electrons. The van der Waals surface area contributed by atoms with E-state index in [0.717, 1.165) is 38.5 Å². The summed E-state index contributed by atoms with van der Waals surface area (Å²) in [6.45, 7) is 4.28. The highest BCUT2D eigenvalue weighted by molar-refractivity contribution is 7.99. The Hall–Kier alpha value is -3.04. The van der Waals surface area contributed by atoms with Crippen LogP contribution in [0.3, 0.4) is 0 Å². The summed E-state index contributed by atoms with van der Waals surface area (Å²) >= 11 is 7.59. The lowest BCUT2D eigenvalue weighted by atomic mass is 10.1. The molecule has 0 aliphatic carbocycles. The van der Waals surface area contributed by atoms with Crippen molar-refractivity contribution in [1.82, 2.24) is 4.98 Å². The van der Waals surface area contributed by atoms with Crippen LogP contribution in [0.15, 0.2) is 71.6 Å². The number of nitrogens with one attached hydrogen (secondary N) is 1. The van der Waals surface area contributed by atoms with Crippen molar-refractivity contribution in [3.8, 4) is 11.3 Å². The average molecular weight is 539 g/mol. The van der Waals surface area contributed by atoms with Crippen LogP contribution in [0.2, 0.25) is 5.02 Å². The molecule has 184 valence electrons. The Morgan fingerprint density at radius 1 is 1.14 bits per heavy atom. The molecule has 5 rings (SSSR count). The maximum absolute atomic E-state index is 13.5. The van der Waals surface area contributed by atoms with Gasteiger partial charge in [0.05, 0.1) is 24.3 Å². The first-order valence-electron chi connectivity index (χ1n) is 11.5. The third-order valence-electron chi connectivity index (χ3n) is 6.24. The van der Waals surface area contributed by atoms with Gasteiger partial charge in [0.15, 0.2) is 5.13 Å². The first-order chi connectivity index (χ1) is 17.2. The molecule has 0 bridgehead atoms. The maximum Gasteiger partial charge on any atom is 0.348 e. The first-order valence-corrected chi connectivity index (χ1v) is 14.1. The van der Waals surface area contributed by atoms with E-state index < -0.39 is 10.4 Å². The number of aryl methyl sites for hydroxylation is 2. The Balaban J connectivity index is 1.36. The van der Waals surface area contributed by atoms with Gasteiger partial charge in [0, 0.05) is 21.0 Å². The molecular weight excluding hydrogens is 514 g/mol. The van der Waals surface area contributed by atoms with Crippen LogP contribution in [0.25, 0.3) is 11.3 Å². The van der Waals surface area contributed by atoms with Gasteiger partial charge in [-0.05, 0) is 59.9 Å². The van der Waals surface area contributed by atoms with Crippen molar-refractivity contribution in [2.75, 3.05) is 16.2 Å². The first kappa shape index (κ1) is 24.6. The number of fused-ring (bicyclic) bond motifs is 1. The van der Waals surface area contributed by atoms with Crippen LogP contribution in [0.5, 0.6) is 0 Å². The Morgan fingerprint density at radius 3 is 2.67 bits per heavy atom. The summed E-state index contributed by atoms with van der Waals surface area (Å²) in [7, 11) is -3.39. The fourth-order valence-corrected chi connectivity index (χ4v) is 7.26. The van der Waals surface area contributed by atoms with Crippen molar-refractivity contribution >= 4 is 50.1 Å². The molecule has 1 atom stereocenters. The number of thiazole rings is 1. The van der Waals surface area contributed by atoms with Crippen molar-refractivity contribution in [2.45, 2.75) is 31.6 Å². The summed E-state index contributed by atoms with van der Waals surface area (Å²) in [5.74, 6) is -0.179. The fraction of sp³-hybridized carbons (Fsp3) is 0.185. The molecule has 6 nitrogen and oxygen atoms in total. The molecule has 3 aromatic carbocycles. The summed E-state index contributed by atoms with van der Waals surface area (Å²) in [6, 6.07) is 20.3. The smallest absolute Gasteiger partial charge is 0.302 e. The number of anilines is 2.